The van der Waals surface area contributed by atoms with Crippen LogP contribution in [0.25, 0.3) is 28.2 Å². The fourth-order valence-corrected chi connectivity index (χ4v) is 6.48. The van der Waals surface area contributed by atoms with E-state index in [1.165, 1.54) is 24.8 Å². The van der Waals surface area contributed by atoms with E-state index in [0.717, 1.165) is 53.4 Å². The van der Waals surface area contributed by atoms with Crippen molar-refractivity contribution < 1.29 is 19.8 Å². The zero-order valence-electron chi connectivity index (χ0n) is 20.4. The molecule has 3 aromatic rings. The molecule has 2 aliphatic heterocycles. The van der Waals surface area contributed by atoms with Crippen LogP contribution in [-0.2, 0) is 11.3 Å². The van der Waals surface area contributed by atoms with Gasteiger partial charge in [-0.15, -0.1) is 0 Å². The van der Waals surface area contributed by atoms with Gasteiger partial charge in [0.25, 0.3) is 5.91 Å². The molecule has 0 bridgehead atoms. The average Bonchev–Trinajstić information content (AvgIpc) is 3.11. The molecule has 1 aliphatic carbocycles. The van der Waals surface area contributed by atoms with Gasteiger partial charge in [0.2, 0.25) is 0 Å². The second kappa shape index (κ2) is 9.25. The number of likely N-dealkylation sites (tertiary alicyclic amines) is 1. The summed E-state index contributed by atoms with van der Waals surface area (Å²) in [6.45, 7) is 1.37. The number of rotatable bonds is 3. The Hall–Kier alpha value is -3.38. The van der Waals surface area contributed by atoms with Gasteiger partial charge in [-0.1, -0.05) is 49.6 Å². The van der Waals surface area contributed by atoms with Gasteiger partial charge in [0.1, 0.15) is 0 Å². The largest absolute Gasteiger partial charge is 0.478 e. The standard InChI is InChI=1S/C30H32N2O4/c33-23-10-6-14-31(18-23)29(34)22-15-20-9-4-5-11-24(20)28-27(19-7-2-1-3-8-19)25-13-12-21(30(35)36)16-26(25)32(28)17-22/h4-5,9,11-13,15-16,19,23,33H,1-3,6-8,10,14,17-18H2,(H,35,36). The van der Waals surface area contributed by atoms with Gasteiger partial charge >= 0.3 is 5.97 Å². The molecule has 186 valence electrons. The Balaban J connectivity index is 1.57. The highest BCUT2D eigenvalue weighted by Crippen LogP contribution is 2.46. The summed E-state index contributed by atoms with van der Waals surface area (Å²) < 4.78 is 2.18. The maximum absolute atomic E-state index is 13.7. The first-order valence-corrected chi connectivity index (χ1v) is 13.2. The fraction of sp³-hybridized carbons (Fsp3) is 0.400. The molecule has 3 heterocycles. The van der Waals surface area contributed by atoms with Crippen molar-refractivity contribution in [1.82, 2.24) is 9.47 Å². The molecule has 6 nitrogen and oxygen atoms in total. The quantitative estimate of drug-likeness (QED) is 0.519. The summed E-state index contributed by atoms with van der Waals surface area (Å²) in [5.41, 5.74) is 6.31. The van der Waals surface area contributed by atoms with E-state index in [1.54, 1.807) is 17.0 Å². The molecule has 0 radical (unpaired) electrons. The smallest absolute Gasteiger partial charge is 0.335 e. The van der Waals surface area contributed by atoms with Crippen LogP contribution in [0.5, 0.6) is 0 Å². The van der Waals surface area contributed by atoms with E-state index in [-0.39, 0.29) is 11.5 Å². The second-order valence-corrected chi connectivity index (χ2v) is 10.5. The molecule has 2 fully saturated rings. The number of carboxylic acids is 1. The van der Waals surface area contributed by atoms with Crippen LogP contribution in [0.4, 0.5) is 0 Å². The monoisotopic (exact) mass is 484 g/mol. The predicted octanol–water partition coefficient (Wildman–Crippen LogP) is 5.43. The molecule has 36 heavy (non-hydrogen) atoms. The lowest BCUT2D eigenvalue weighted by atomic mass is 9.81. The third-order valence-corrected chi connectivity index (χ3v) is 8.20. The number of hydrogen-bond donors (Lipinski definition) is 2. The highest BCUT2D eigenvalue weighted by Gasteiger charge is 2.32. The minimum Gasteiger partial charge on any atom is -0.478 e. The number of aromatic carboxylic acids is 1. The van der Waals surface area contributed by atoms with Crippen molar-refractivity contribution in [3.63, 3.8) is 0 Å². The van der Waals surface area contributed by atoms with Crippen molar-refractivity contribution in [3.05, 3.63) is 64.7 Å². The molecule has 1 unspecified atom stereocenters. The summed E-state index contributed by atoms with van der Waals surface area (Å²) in [4.78, 5) is 27.4. The van der Waals surface area contributed by atoms with E-state index < -0.39 is 12.1 Å². The minimum absolute atomic E-state index is 0.0492. The number of aromatic nitrogens is 1. The molecule has 6 rings (SSSR count). The van der Waals surface area contributed by atoms with Crippen LogP contribution in [-0.4, -0.2) is 50.8 Å². The summed E-state index contributed by atoms with van der Waals surface area (Å²) in [7, 11) is 0. The molecule has 2 N–H and O–H groups in total. The van der Waals surface area contributed by atoms with E-state index in [2.05, 4.69) is 16.7 Å². The van der Waals surface area contributed by atoms with E-state index >= 15 is 0 Å². The maximum atomic E-state index is 13.7. The predicted molar refractivity (Wildman–Crippen MR) is 140 cm³/mol. The molecule has 2 aromatic carbocycles. The Morgan fingerprint density at radius 2 is 1.75 bits per heavy atom. The van der Waals surface area contributed by atoms with E-state index in [4.69, 9.17) is 0 Å². The molecule has 1 saturated carbocycles. The van der Waals surface area contributed by atoms with Crippen LogP contribution < -0.4 is 0 Å². The number of carboxylic acid groups (broad SMARTS) is 1. The molecular weight excluding hydrogens is 452 g/mol. The zero-order valence-corrected chi connectivity index (χ0v) is 20.4. The van der Waals surface area contributed by atoms with Crippen LogP contribution in [0.3, 0.4) is 0 Å². The lowest BCUT2D eigenvalue weighted by Gasteiger charge is -2.31. The van der Waals surface area contributed by atoms with Crippen molar-refractivity contribution in [2.45, 2.75) is 63.5 Å². The highest BCUT2D eigenvalue weighted by atomic mass is 16.4. The van der Waals surface area contributed by atoms with Crippen molar-refractivity contribution in [2.24, 2.45) is 0 Å². The van der Waals surface area contributed by atoms with Gasteiger partial charge in [0, 0.05) is 35.1 Å². The summed E-state index contributed by atoms with van der Waals surface area (Å²) in [5.74, 6) is -0.586. The number of piperidine rings is 1. The Bertz CT molecular complexity index is 1380. The SMILES string of the molecule is O=C(O)c1ccc2c(C3CCCCC3)c3n(c2c1)CC(C(=O)N1CCCC(O)C1)=Cc1ccccc1-3. The normalized spacial score (nSPS) is 20.4. The van der Waals surface area contributed by atoms with Gasteiger partial charge in [0.05, 0.1) is 23.9 Å². The summed E-state index contributed by atoms with van der Waals surface area (Å²) in [5, 5.41) is 21.0. The molecule has 3 aliphatic rings. The van der Waals surface area contributed by atoms with Gasteiger partial charge < -0.3 is 19.7 Å². The van der Waals surface area contributed by atoms with E-state index in [0.29, 0.717) is 31.1 Å². The Morgan fingerprint density at radius 3 is 2.53 bits per heavy atom. The topological polar surface area (TPSA) is 82.8 Å². The molecule has 0 spiro atoms. The van der Waals surface area contributed by atoms with Crippen LogP contribution >= 0.6 is 0 Å². The summed E-state index contributed by atoms with van der Waals surface area (Å²) in [6.07, 6.45) is 8.94. The Kier molecular flexibility index (Phi) is 5.92. The minimum atomic E-state index is -0.949. The van der Waals surface area contributed by atoms with Crippen molar-refractivity contribution in [1.29, 1.82) is 0 Å². The van der Waals surface area contributed by atoms with Crippen LogP contribution in [0.2, 0.25) is 0 Å². The number of carbonyl (C=O) groups excluding carboxylic acids is 1. The second-order valence-electron chi connectivity index (χ2n) is 10.5. The average molecular weight is 485 g/mol. The van der Waals surface area contributed by atoms with Crippen molar-refractivity contribution >= 4 is 28.9 Å². The third kappa shape index (κ3) is 3.94. The Morgan fingerprint density at radius 1 is 0.944 bits per heavy atom. The van der Waals surface area contributed by atoms with Crippen molar-refractivity contribution in [3.8, 4) is 11.3 Å². The molecule has 6 heteroatoms. The Labute approximate surface area is 210 Å². The van der Waals surface area contributed by atoms with Gasteiger partial charge in [0.15, 0.2) is 0 Å². The summed E-state index contributed by atoms with van der Waals surface area (Å²) >= 11 is 0. The lowest BCUT2D eigenvalue weighted by molar-refractivity contribution is -0.130. The van der Waals surface area contributed by atoms with Gasteiger partial charge in [-0.3, -0.25) is 4.79 Å². The zero-order chi connectivity index (χ0) is 24.8. The first kappa shape index (κ1) is 23.0. The number of amides is 1. The first-order valence-electron chi connectivity index (χ1n) is 13.2. The highest BCUT2D eigenvalue weighted by molar-refractivity contribution is 6.03. The molecule has 1 amide bonds. The number of hydrogen-bond acceptors (Lipinski definition) is 3. The lowest BCUT2D eigenvalue weighted by Crippen LogP contribution is -2.43. The summed E-state index contributed by atoms with van der Waals surface area (Å²) in [6, 6.07) is 13.7. The van der Waals surface area contributed by atoms with Gasteiger partial charge in [-0.05, 0) is 60.9 Å². The number of benzene rings is 2. The van der Waals surface area contributed by atoms with Crippen LogP contribution in [0, 0.1) is 0 Å². The van der Waals surface area contributed by atoms with Crippen LogP contribution in [0.15, 0.2) is 48.0 Å². The number of fused-ring (bicyclic) bond motifs is 5. The number of aliphatic hydroxyl groups is 1. The number of carbonyl (C=O) groups is 2. The third-order valence-electron chi connectivity index (χ3n) is 8.20. The number of aliphatic hydroxyl groups excluding tert-OH is 1. The molecule has 1 atom stereocenters. The van der Waals surface area contributed by atoms with E-state index in [9.17, 15) is 19.8 Å². The number of β-amino-alcohol motifs (C(OH)–C–C–N with tert-alkyl or cyclic N) is 1. The first-order chi connectivity index (χ1) is 17.5. The van der Waals surface area contributed by atoms with Crippen LogP contribution in [0.1, 0.15) is 72.3 Å². The van der Waals surface area contributed by atoms with Crippen molar-refractivity contribution in [2.75, 3.05) is 13.1 Å². The number of nitrogens with zero attached hydrogens (tertiary/aromatic N) is 2. The molecular formula is C30H32N2O4. The van der Waals surface area contributed by atoms with Gasteiger partial charge in [-0.25, -0.2) is 4.79 Å². The fourth-order valence-electron chi connectivity index (χ4n) is 6.48. The van der Waals surface area contributed by atoms with E-state index in [1.807, 2.05) is 24.3 Å². The van der Waals surface area contributed by atoms with Gasteiger partial charge in [-0.2, -0.15) is 0 Å². The molecule has 1 aromatic heterocycles. The molecule has 1 saturated heterocycles. The maximum Gasteiger partial charge on any atom is 0.335 e.